The zero-order valence-electron chi connectivity index (χ0n) is 17.5. The normalized spacial score (nSPS) is 17.7. The second-order valence-corrected chi connectivity index (χ2v) is 8.24. The van der Waals surface area contributed by atoms with Crippen LogP contribution in [0.5, 0.6) is 0 Å². The maximum absolute atomic E-state index is 12.3. The Morgan fingerprint density at radius 2 is 1.93 bits per heavy atom. The monoisotopic (exact) mass is 403 g/mol. The highest BCUT2D eigenvalue weighted by molar-refractivity contribution is 5.93. The summed E-state index contributed by atoms with van der Waals surface area (Å²) in [6, 6.07) is 7.67. The maximum atomic E-state index is 12.3. The average molecular weight is 404 g/mol. The molecule has 1 aliphatic heterocycles. The van der Waals surface area contributed by atoms with E-state index in [4.69, 9.17) is 21.9 Å². The van der Waals surface area contributed by atoms with Crippen molar-refractivity contribution >= 4 is 23.7 Å². The van der Waals surface area contributed by atoms with Gasteiger partial charge in [0.05, 0.1) is 5.69 Å². The third kappa shape index (κ3) is 8.39. The maximum Gasteiger partial charge on any atom is 0.410 e. The first kappa shape index (κ1) is 22.5. The van der Waals surface area contributed by atoms with Crippen molar-refractivity contribution in [3.05, 3.63) is 29.8 Å². The molecule has 0 spiro atoms. The Labute approximate surface area is 172 Å². The molecule has 1 aliphatic rings. The summed E-state index contributed by atoms with van der Waals surface area (Å²) < 4.78 is 5.48. The highest BCUT2D eigenvalue weighted by Gasteiger charge is 2.27. The molecule has 0 aliphatic carbocycles. The van der Waals surface area contributed by atoms with Crippen LogP contribution in [0.2, 0.25) is 0 Å². The molecule has 160 valence electrons. The Balaban J connectivity index is 1.79. The lowest BCUT2D eigenvalue weighted by molar-refractivity contribution is 0.0166. The number of ether oxygens (including phenoxy) is 1. The van der Waals surface area contributed by atoms with Crippen LogP contribution in [-0.4, -0.2) is 48.1 Å². The molecule has 0 radical (unpaired) electrons. The largest absolute Gasteiger partial charge is 0.444 e. The molecule has 1 atom stereocenters. The van der Waals surface area contributed by atoms with E-state index in [1.54, 1.807) is 0 Å². The van der Waals surface area contributed by atoms with Crippen molar-refractivity contribution < 1.29 is 9.53 Å². The van der Waals surface area contributed by atoms with Gasteiger partial charge in [0.25, 0.3) is 0 Å². The Morgan fingerprint density at radius 1 is 1.24 bits per heavy atom. The number of likely N-dealkylation sites (tertiary alicyclic amines) is 1. The van der Waals surface area contributed by atoms with Gasteiger partial charge < -0.3 is 32.2 Å². The SMILES string of the molecule is CC(C)(C)OC(=O)N1CCCC(CNCc2ccc(N=C(N)N=C(N)N)cc2)C1. The quantitative estimate of drug-likeness (QED) is 0.434. The van der Waals surface area contributed by atoms with Crippen molar-refractivity contribution in [3.8, 4) is 0 Å². The summed E-state index contributed by atoms with van der Waals surface area (Å²) in [5.74, 6) is 0.308. The first-order chi connectivity index (χ1) is 13.6. The van der Waals surface area contributed by atoms with Gasteiger partial charge in [-0.3, -0.25) is 0 Å². The zero-order chi connectivity index (χ0) is 21.4. The van der Waals surface area contributed by atoms with Crippen molar-refractivity contribution in [3.63, 3.8) is 0 Å². The van der Waals surface area contributed by atoms with Gasteiger partial charge >= 0.3 is 6.09 Å². The van der Waals surface area contributed by atoms with E-state index in [9.17, 15) is 4.79 Å². The van der Waals surface area contributed by atoms with Crippen LogP contribution in [0.1, 0.15) is 39.2 Å². The van der Waals surface area contributed by atoms with Crippen molar-refractivity contribution in [2.75, 3.05) is 19.6 Å². The van der Waals surface area contributed by atoms with E-state index in [-0.39, 0.29) is 18.0 Å². The fourth-order valence-corrected chi connectivity index (χ4v) is 3.12. The topological polar surface area (TPSA) is 144 Å². The second kappa shape index (κ2) is 10.1. The Kier molecular flexibility index (Phi) is 7.83. The fourth-order valence-electron chi connectivity index (χ4n) is 3.12. The lowest BCUT2D eigenvalue weighted by Gasteiger charge is -2.34. The van der Waals surface area contributed by atoms with Crippen LogP contribution in [0.25, 0.3) is 0 Å². The Bertz CT molecular complexity index is 734. The number of benzene rings is 1. The standard InChI is InChI=1S/C20H33N7O2/c1-20(2,3)29-19(28)27-10-4-5-15(13-27)12-24-11-14-6-8-16(9-7-14)25-18(23)26-17(21)22/h6-9,15,24H,4-5,10-13H2,1-3H3,(H6,21,22,23,25,26). The number of rotatable bonds is 5. The summed E-state index contributed by atoms with van der Waals surface area (Å²) in [5.41, 5.74) is 17.5. The van der Waals surface area contributed by atoms with Gasteiger partial charge in [0.1, 0.15) is 5.60 Å². The minimum atomic E-state index is -0.466. The van der Waals surface area contributed by atoms with Crippen molar-refractivity contribution in [2.45, 2.75) is 45.8 Å². The molecule has 9 heteroatoms. The van der Waals surface area contributed by atoms with E-state index in [0.29, 0.717) is 11.6 Å². The molecule has 1 fully saturated rings. The Hall–Kier alpha value is -2.81. The Morgan fingerprint density at radius 3 is 2.55 bits per heavy atom. The summed E-state index contributed by atoms with van der Waals surface area (Å²) in [6.07, 6.45) is 1.87. The number of amides is 1. The molecule has 0 saturated carbocycles. The number of hydrogen-bond donors (Lipinski definition) is 4. The molecule has 9 nitrogen and oxygen atoms in total. The second-order valence-electron chi connectivity index (χ2n) is 8.24. The summed E-state index contributed by atoms with van der Waals surface area (Å²) in [7, 11) is 0. The van der Waals surface area contributed by atoms with Gasteiger partial charge in [-0.15, -0.1) is 0 Å². The first-order valence-electron chi connectivity index (χ1n) is 9.84. The number of hydrogen-bond acceptors (Lipinski definition) is 4. The van der Waals surface area contributed by atoms with E-state index in [1.807, 2.05) is 49.9 Å². The van der Waals surface area contributed by atoms with Gasteiger partial charge in [0.2, 0.25) is 5.96 Å². The zero-order valence-corrected chi connectivity index (χ0v) is 17.5. The number of carbonyl (C=O) groups is 1. The minimum absolute atomic E-state index is 0.0164. The summed E-state index contributed by atoms with van der Waals surface area (Å²) >= 11 is 0. The molecular weight excluding hydrogens is 370 g/mol. The van der Waals surface area contributed by atoms with Crippen LogP contribution >= 0.6 is 0 Å². The average Bonchev–Trinajstić information content (AvgIpc) is 2.61. The predicted molar refractivity (Wildman–Crippen MR) is 116 cm³/mol. The number of nitrogens with one attached hydrogen (secondary N) is 1. The van der Waals surface area contributed by atoms with E-state index >= 15 is 0 Å². The van der Waals surface area contributed by atoms with Crippen LogP contribution in [0, 0.1) is 5.92 Å². The minimum Gasteiger partial charge on any atom is -0.444 e. The van der Waals surface area contributed by atoms with Crippen LogP contribution in [-0.2, 0) is 11.3 Å². The predicted octanol–water partition coefficient (Wildman–Crippen LogP) is 1.64. The molecule has 2 rings (SSSR count). The van der Waals surface area contributed by atoms with Crippen molar-refractivity contribution in [1.82, 2.24) is 10.2 Å². The van der Waals surface area contributed by atoms with E-state index < -0.39 is 5.60 Å². The third-order valence-electron chi connectivity index (χ3n) is 4.36. The van der Waals surface area contributed by atoms with Crippen LogP contribution in [0.3, 0.4) is 0 Å². The van der Waals surface area contributed by atoms with Crippen LogP contribution in [0.15, 0.2) is 34.3 Å². The van der Waals surface area contributed by atoms with Gasteiger partial charge in [0, 0.05) is 19.6 Å². The molecule has 1 heterocycles. The van der Waals surface area contributed by atoms with E-state index in [1.165, 1.54) is 0 Å². The van der Waals surface area contributed by atoms with Gasteiger partial charge in [-0.1, -0.05) is 12.1 Å². The highest BCUT2D eigenvalue weighted by atomic mass is 16.6. The number of carbonyl (C=O) groups excluding carboxylic acids is 1. The molecule has 1 aromatic carbocycles. The van der Waals surface area contributed by atoms with Crippen molar-refractivity contribution in [2.24, 2.45) is 33.1 Å². The molecular formula is C20H33N7O2. The highest BCUT2D eigenvalue weighted by Crippen LogP contribution is 2.19. The smallest absolute Gasteiger partial charge is 0.410 e. The van der Waals surface area contributed by atoms with Crippen molar-refractivity contribution in [1.29, 1.82) is 0 Å². The molecule has 1 amide bonds. The number of nitrogens with zero attached hydrogens (tertiary/aromatic N) is 3. The van der Waals surface area contributed by atoms with E-state index in [2.05, 4.69) is 15.3 Å². The lowest BCUT2D eigenvalue weighted by Crippen LogP contribution is -2.44. The van der Waals surface area contributed by atoms with Gasteiger partial charge in [-0.2, -0.15) is 4.99 Å². The summed E-state index contributed by atoms with van der Waals surface area (Å²) in [4.78, 5) is 21.9. The molecule has 1 saturated heterocycles. The molecule has 29 heavy (non-hydrogen) atoms. The molecule has 1 unspecified atom stereocenters. The third-order valence-corrected chi connectivity index (χ3v) is 4.36. The molecule has 7 N–H and O–H groups in total. The number of guanidine groups is 2. The van der Waals surface area contributed by atoms with Gasteiger partial charge in [0.15, 0.2) is 5.96 Å². The summed E-state index contributed by atoms with van der Waals surface area (Å²) in [5, 5.41) is 3.47. The number of aliphatic imine (C=N–C) groups is 2. The van der Waals surface area contributed by atoms with Crippen LogP contribution in [0.4, 0.5) is 10.5 Å². The fraction of sp³-hybridized carbons (Fsp3) is 0.550. The van der Waals surface area contributed by atoms with Crippen LogP contribution < -0.4 is 22.5 Å². The number of nitrogens with two attached hydrogens (primary N) is 3. The molecule has 0 aromatic heterocycles. The van der Waals surface area contributed by atoms with E-state index in [0.717, 1.165) is 44.6 Å². The summed E-state index contributed by atoms with van der Waals surface area (Å²) in [6.45, 7) is 8.72. The molecule has 1 aromatic rings. The van der Waals surface area contributed by atoms with Gasteiger partial charge in [-0.05, 0) is 63.8 Å². The molecule has 0 bridgehead atoms. The lowest BCUT2D eigenvalue weighted by atomic mass is 9.98. The van der Waals surface area contributed by atoms with Gasteiger partial charge in [-0.25, -0.2) is 9.79 Å². The number of piperidine rings is 1. The first-order valence-corrected chi connectivity index (χ1v) is 9.84.